The maximum absolute atomic E-state index is 8.49. The lowest BCUT2D eigenvalue weighted by molar-refractivity contribution is -2.00. The predicted molar refractivity (Wildman–Crippen MR) is 130 cm³/mol. The molecular formula is C29H22Cl2N4O8. The van der Waals surface area contributed by atoms with Crippen molar-refractivity contribution in [2.45, 2.75) is 0 Å². The van der Waals surface area contributed by atoms with Crippen LogP contribution in [0.4, 0.5) is 0 Å². The maximum Gasteiger partial charge on any atom is 0.448 e. The Kier molecular flexibility index (Phi) is 10.1. The van der Waals surface area contributed by atoms with Crippen LogP contribution in [0.5, 0.6) is 0 Å². The fraction of sp³-hybridized carbons (Fsp3) is 0. The molecule has 0 aliphatic carbocycles. The standard InChI is InChI=1S/C29H20N4.2ClHO4/c1-3-11-21(12-4-1)23-19-26(22-13-5-2-6-14-22)33(28-17-9-10-18-30-28)27(20-23)29-31-24-15-7-8-16-25(24)32-29;2*2-1(3,4)5/h1-20H;2*(H,2,3,4,5). The van der Waals surface area contributed by atoms with Gasteiger partial charge in [-0.3, -0.25) is 0 Å². The number of hydrogen-bond acceptors (Lipinski definition) is 9. The quantitative estimate of drug-likeness (QED) is 0.189. The van der Waals surface area contributed by atoms with Crippen molar-refractivity contribution >= 4 is 11.0 Å². The van der Waals surface area contributed by atoms with Crippen molar-refractivity contribution < 1.29 is 67.3 Å². The van der Waals surface area contributed by atoms with Crippen LogP contribution in [-0.2, 0) is 0 Å². The minimum Gasteiger partial charge on any atom is -0.333 e. The molecule has 0 aliphatic heterocycles. The van der Waals surface area contributed by atoms with Crippen molar-refractivity contribution in [2.24, 2.45) is 0 Å². The van der Waals surface area contributed by atoms with Gasteiger partial charge in [0.15, 0.2) is 6.20 Å². The Morgan fingerprint density at radius 3 is 1.63 bits per heavy atom. The molecule has 3 heterocycles. The van der Waals surface area contributed by atoms with E-state index in [0.717, 1.165) is 50.8 Å². The highest BCUT2D eigenvalue weighted by Crippen LogP contribution is 2.29. The third-order valence-corrected chi connectivity index (χ3v) is 5.81. The third-order valence-electron chi connectivity index (χ3n) is 5.81. The van der Waals surface area contributed by atoms with E-state index >= 15 is 0 Å². The summed E-state index contributed by atoms with van der Waals surface area (Å²) in [4.78, 5) is 11.9. The smallest absolute Gasteiger partial charge is 0.333 e. The van der Waals surface area contributed by atoms with Crippen LogP contribution in [0.1, 0.15) is 0 Å². The molecule has 0 radical (unpaired) electrons. The minimum atomic E-state index is -4.94. The second kappa shape index (κ2) is 13.8. The molecule has 43 heavy (non-hydrogen) atoms. The fourth-order valence-corrected chi connectivity index (χ4v) is 4.24. The van der Waals surface area contributed by atoms with E-state index in [0.29, 0.717) is 0 Å². The summed E-state index contributed by atoms with van der Waals surface area (Å²) < 4.78 is 70.2. The molecule has 0 saturated heterocycles. The van der Waals surface area contributed by atoms with Crippen LogP contribution in [0.3, 0.4) is 0 Å². The van der Waals surface area contributed by atoms with Crippen molar-refractivity contribution in [1.82, 2.24) is 9.97 Å². The highest BCUT2D eigenvalue weighted by atomic mass is 35.7. The van der Waals surface area contributed by atoms with Crippen molar-refractivity contribution in [3.05, 3.63) is 121 Å². The number of hydrogen-bond donors (Lipinski definition) is 1. The first-order valence-corrected chi connectivity index (χ1v) is 14.7. The van der Waals surface area contributed by atoms with Crippen molar-refractivity contribution in [2.75, 3.05) is 0 Å². The second-order valence-corrected chi connectivity index (χ2v) is 10.2. The molecule has 0 aliphatic rings. The SMILES string of the molecule is [O-][Cl+3]([O-])([O-])[O-].[O-][Cl+3]([O-])([O-])[O-].c1ccc(-c2cc(-c3ccccc3)[n+](-c3cccc[nH+]3)c(-c3nc4ccccc4[nH]3)c2)cc1. The molecule has 0 unspecified atom stereocenters. The van der Waals surface area contributed by atoms with E-state index in [-0.39, 0.29) is 0 Å². The largest absolute Gasteiger partial charge is 0.448 e. The minimum absolute atomic E-state index is 0.823. The number of benzene rings is 3. The van der Waals surface area contributed by atoms with Gasteiger partial charge in [0.2, 0.25) is 11.5 Å². The first-order chi connectivity index (χ1) is 20.4. The van der Waals surface area contributed by atoms with E-state index in [1.807, 2.05) is 48.7 Å². The number of nitrogens with one attached hydrogen (secondary N) is 2. The van der Waals surface area contributed by atoms with Crippen LogP contribution in [0.2, 0.25) is 0 Å². The van der Waals surface area contributed by atoms with E-state index in [4.69, 9.17) is 42.3 Å². The molecule has 6 rings (SSSR count). The Labute approximate surface area is 249 Å². The Morgan fingerprint density at radius 1 is 0.558 bits per heavy atom. The number of rotatable bonds is 4. The Balaban J connectivity index is 0.000000369. The van der Waals surface area contributed by atoms with Gasteiger partial charge in [-0.25, -0.2) is 42.3 Å². The summed E-state index contributed by atoms with van der Waals surface area (Å²) in [5, 5.41) is 0. The normalized spacial score (nSPS) is 11.3. The molecule has 0 spiro atoms. The summed E-state index contributed by atoms with van der Waals surface area (Å²) in [6.45, 7) is 0. The van der Waals surface area contributed by atoms with Gasteiger partial charge in [-0.15, -0.1) is 20.5 Å². The van der Waals surface area contributed by atoms with E-state index in [1.54, 1.807) is 0 Å². The Bertz CT molecular complexity index is 1710. The average Bonchev–Trinajstić information content (AvgIpc) is 3.41. The molecule has 3 aromatic carbocycles. The van der Waals surface area contributed by atoms with Gasteiger partial charge in [0.1, 0.15) is 0 Å². The molecule has 14 heteroatoms. The summed E-state index contributed by atoms with van der Waals surface area (Å²) in [7, 11) is -9.89. The zero-order valence-corrected chi connectivity index (χ0v) is 23.5. The maximum atomic E-state index is 8.49. The number of imidazole rings is 1. The lowest BCUT2D eigenvalue weighted by atomic mass is 10.0. The number of pyridine rings is 2. The number of fused-ring (bicyclic) bond motifs is 1. The zero-order chi connectivity index (χ0) is 31.0. The second-order valence-electron chi connectivity index (χ2n) is 8.69. The summed E-state index contributed by atoms with van der Waals surface area (Å²) >= 11 is 0. The molecule has 0 amide bonds. The highest BCUT2D eigenvalue weighted by Gasteiger charge is 2.30. The zero-order valence-electron chi connectivity index (χ0n) is 22.0. The van der Waals surface area contributed by atoms with Gasteiger partial charge in [-0.1, -0.05) is 65.2 Å². The Hall–Kier alpha value is -4.31. The van der Waals surface area contributed by atoms with Crippen LogP contribution in [0, 0.1) is 20.5 Å². The first-order valence-electron chi connectivity index (χ1n) is 12.2. The fourth-order valence-electron chi connectivity index (χ4n) is 4.24. The van der Waals surface area contributed by atoms with Gasteiger partial charge < -0.3 is 4.98 Å². The lowest BCUT2D eigenvalue weighted by Gasteiger charge is -2.17. The molecule has 12 nitrogen and oxygen atoms in total. The van der Waals surface area contributed by atoms with Gasteiger partial charge in [-0.2, -0.15) is 4.98 Å². The molecule has 2 N–H and O–H groups in total. The van der Waals surface area contributed by atoms with Gasteiger partial charge >= 0.3 is 5.82 Å². The number of nitrogens with zero attached hydrogens (tertiary/aromatic N) is 2. The topological polar surface area (TPSA) is 231 Å². The summed E-state index contributed by atoms with van der Waals surface area (Å²) in [5.74, 6) is 1.79. The molecule has 0 atom stereocenters. The van der Waals surface area contributed by atoms with Crippen molar-refractivity contribution in [3.63, 3.8) is 0 Å². The van der Waals surface area contributed by atoms with Gasteiger partial charge in [0.25, 0.3) is 5.69 Å². The van der Waals surface area contributed by atoms with E-state index in [1.165, 1.54) is 0 Å². The first kappa shape index (κ1) is 31.6. The molecular weight excluding hydrogens is 603 g/mol. The highest BCUT2D eigenvalue weighted by molar-refractivity contribution is 5.80. The van der Waals surface area contributed by atoms with Crippen LogP contribution >= 0.6 is 0 Å². The molecule has 0 saturated carbocycles. The molecule has 6 aromatic rings. The van der Waals surface area contributed by atoms with Gasteiger partial charge in [0.05, 0.1) is 17.1 Å². The van der Waals surface area contributed by atoms with Crippen LogP contribution < -0.4 is 46.8 Å². The predicted octanol–water partition coefficient (Wildman–Crippen LogP) is -3.86. The van der Waals surface area contributed by atoms with E-state index < -0.39 is 20.5 Å². The number of aromatic nitrogens is 4. The van der Waals surface area contributed by atoms with E-state index in [2.05, 4.69) is 87.3 Å². The third kappa shape index (κ3) is 9.61. The van der Waals surface area contributed by atoms with Crippen molar-refractivity contribution in [3.8, 4) is 39.7 Å². The van der Waals surface area contributed by atoms with E-state index in [9.17, 15) is 0 Å². The van der Waals surface area contributed by atoms with Gasteiger partial charge in [0, 0.05) is 23.8 Å². The van der Waals surface area contributed by atoms with Gasteiger partial charge in [-0.05, 0) is 41.5 Å². The average molecular weight is 625 g/mol. The van der Waals surface area contributed by atoms with Crippen LogP contribution in [0.15, 0.2) is 121 Å². The number of para-hydroxylation sites is 2. The lowest BCUT2D eigenvalue weighted by Crippen LogP contribution is -2.68. The number of halogens is 2. The summed E-state index contributed by atoms with van der Waals surface area (Å²) in [6, 6.07) is 39.7. The molecule has 0 bridgehead atoms. The molecule has 0 fully saturated rings. The molecule has 3 aromatic heterocycles. The number of aromatic amines is 2. The number of H-pyrrole nitrogens is 2. The van der Waals surface area contributed by atoms with Crippen LogP contribution in [0.25, 0.3) is 50.8 Å². The molecule has 220 valence electrons. The summed E-state index contributed by atoms with van der Waals surface area (Å²) in [5.41, 5.74) is 7.45. The summed E-state index contributed by atoms with van der Waals surface area (Å²) in [6.07, 6.45) is 1.95. The van der Waals surface area contributed by atoms with Crippen molar-refractivity contribution in [1.29, 1.82) is 0 Å². The van der Waals surface area contributed by atoms with Crippen LogP contribution in [-0.4, -0.2) is 9.97 Å². The Morgan fingerprint density at radius 2 is 1.07 bits per heavy atom. The monoisotopic (exact) mass is 624 g/mol.